The molecule has 1 aromatic rings. The molecule has 1 fully saturated rings. The van der Waals surface area contributed by atoms with Crippen LogP contribution >= 0.6 is 0 Å². The molecule has 1 aromatic heterocycles. The normalized spacial score (nSPS) is 17.5. The highest BCUT2D eigenvalue weighted by Gasteiger charge is 2.24. The van der Waals surface area contributed by atoms with Crippen molar-refractivity contribution in [1.82, 2.24) is 15.1 Å². The Kier molecular flexibility index (Phi) is 5.30. The summed E-state index contributed by atoms with van der Waals surface area (Å²) in [4.78, 5) is 36.7. The maximum atomic E-state index is 11.6. The third kappa shape index (κ3) is 3.93. The van der Waals surface area contributed by atoms with Gasteiger partial charge in [0.15, 0.2) is 0 Å². The van der Waals surface area contributed by atoms with E-state index in [1.165, 1.54) is 4.68 Å². The van der Waals surface area contributed by atoms with E-state index >= 15 is 0 Å². The first-order valence-electron chi connectivity index (χ1n) is 7.60. The van der Waals surface area contributed by atoms with Gasteiger partial charge in [-0.25, -0.2) is 4.68 Å². The number of rotatable bonds is 6. The molecule has 120 valence electrons. The molecule has 0 spiro atoms. The van der Waals surface area contributed by atoms with Crippen molar-refractivity contribution in [3.63, 3.8) is 0 Å². The molecule has 1 saturated heterocycles. The van der Waals surface area contributed by atoms with E-state index in [2.05, 4.69) is 15.3 Å². The van der Waals surface area contributed by atoms with Crippen molar-refractivity contribution in [1.29, 1.82) is 0 Å². The number of hydrogen-bond acceptors (Lipinski definition) is 5. The van der Waals surface area contributed by atoms with E-state index < -0.39 is 5.91 Å². The van der Waals surface area contributed by atoms with Crippen LogP contribution in [0.1, 0.15) is 26.2 Å². The molecule has 0 radical (unpaired) electrons. The van der Waals surface area contributed by atoms with Gasteiger partial charge in [0, 0.05) is 39.2 Å². The lowest BCUT2D eigenvalue weighted by Crippen LogP contribution is -2.35. The molecular formula is C15H22N4O3. The fourth-order valence-corrected chi connectivity index (χ4v) is 2.54. The lowest BCUT2D eigenvalue weighted by Gasteiger charge is -2.18. The lowest BCUT2D eigenvalue weighted by molar-refractivity contribution is -0.138. The fourth-order valence-electron chi connectivity index (χ4n) is 2.54. The molecule has 1 atom stereocenters. The maximum absolute atomic E-state index is 11.6. The van der Waals surface area contributed by atoms with Crippen LogP contribution in [0.15, 0.2) is 17.1 Å². The van der Waals surface area contributed by atoms with Gasteiger partial charge >= 0.3 is 0 Å². The average Bonchev–Trinajstić information content (AvgIpc) is 2.96. The number of carbonyl (C=O) groups excluding carboxylic acids is 2. The summed E-state index contributed by atoms with van der Waals surface area (Å²) >= 11 is 0. The summed E-state index contributed by atoms with van der Waals surface area (Å²) in [7, 11) is 1.61. The van der Waals surface area contributed by atoms with Crippen LogP contribution in [0.2, 0.25) is 0 Å². The van der Waals surface area contributed by atoms with E-state index in [9.17, 15) is 14.4 Å². The molecule has 0 bridgehead atoms. The zero-order valence-corrected chi connectivity index (χ0v) is 13.0. The molecule has 1 amide bonds. The van der Waals surface area contributed by atoms with Crippen molar-refractivity contribution in [2.24, 2.45) is 13.0 Å². The molecule has 1 aliphatic heterocycles. The van der Waals surface area contributed by atoms with E-state index in [0.29, 0.717) is 19.4 Å². The molecule has 22 heavy (non-hydrogen) atoms. The first-order chi connectivity index (χ1) is 10.5. The SMILES string of the molecule is CCCC(=O)C(=O)NC[C@@H]1CCN(c2cnn(C)c(=O)c2)C1. The number of nitrogens with zero attached hydrogens (tertiary/aromatic N) is 3. The Hall–Kier alpha value is -2.18. The van der Waals surface area contributed by atoms with Crippen molar-refractivity contribution < 1.29 is 9.59 Å². The Morgan fingerprint density at radius 1 is 1.45 bits per heavy atom. The monoisotopic (exact) mass is 306 g/mol. The van der Waals surface area contributed by atoms with Crippen molar-refractivity contribution in [2.75, 3.05) is 24.5 Å². The summed E-state index contributed by atoms with van der Waals surface area (Å²) in [5, 5.41) is 6.72. The summed E-state index contributed by atoms with van der Waals surface area (Å²) in [5.74, 6) is -0.564. The molecule has 7 nitrogen and oxygen atoms in total. The topological polar surface area (TPSA) is 84.3 Å². The molecular weight excluding hydrogens is 284 g/mol. The van der Waals surface area contributed by atoms with Crippen molar-refractivity contribution in [3.05, 3.63) is 22.6 Å². The number of anilines is 1. The van der Waals surface area contributed by atoms with Gasteiger partial charge in [-0.15, -0.1) is 0 Å². The number of aryl methyl sites for hydroxylation is 1. The average molecular weight is 306 g/mol. The molecule has 1 aliphatic rings. The van der Waals surface area contributed by atoms with Crippen molar-refractivity contribution >= 4 is 17.4 Å². The molecule has 0 saturated carbocycles. The third-order valence-electron chi connectivity index (χ3n) is 3.89. The Labute approximate surface area is 129 Å². The minimum Gasteiger partial charge on any atom is -0.370 e. The summed E-state index contributed by atoms with van der Waals surface area (Å²) in [6, 6.07) is 1.57. The highest BCUT2D eigenvalue weighted by molar-refractivity contribution is 6.36. The minimum absolute atomic E-state index is 0.139. The van der Waals surface area contributed by atoms with Crippen LogP contribution in [0.4, 0.5) is 5.69 Å². The van der Waals surface area contributed by atoms with Crippen LogP contribution in [0.25, 0.3) is 0 Å². The van der Waals surface area contributed by atoms with Gasteiger partial charge in [-0.1, -0.05) is 6.92 Å². The van der Waals surface area contributed by atoms with Gasteiger partial charge in [0.2, 0.25) is 5.78 Å². The van der Waals surface area contributed by atoms with E-state index in [1.54, 1.807) is 19.3 Å². The largest absolute Gasteiger partial charge is 0.370 e. The highest BCUT2D eigenvalue weighted by Crippen LogP contribution is 2.21. The second-order valence-corrected chi connectivity index (χ2v) is 5.66. The predicted molar refractivity (Wildman–Crippen MR) is 82.7 cm³/mol. The van der Waals surface area contributed by atoms with Crippen LogP contribution in [0.3, 0.4) is 0 Å². The summed E-state index contributed by atoms with van der Waals surface area (Å²) < 4.78 is 1.29. The smallest absolute Gasteiger partial charge is 0.287 e. The molecule has 0 unspecified atom stereocenters. The highest BCUT2D eigenvalue weighted by atomic mass is 16.2. The second-order valence-electron chi connectivity index (χ2n) is 5.66. The van der Waals surface area contributed by atoms with Crippen LogP contribution in [0.5, 0.6) is 0 Å². The van der Waals surface area contributed by atoms with Gasteiger partial charge in [-0.3, -0.25) is 14.4 Å². The third-order valence-corrected chi connectivity index (χ3v) is 3.89. The second kappa shape index (κ2) is 7.20. The Morgan fingerprint density at radius 3 is 2.91 bits per heavy atom. The number of hydrogen-bond donors (Lipinski definition) is 1. The number of ketones is 1. The molecule has 2 heterocycles. The minimum atomic E-state index is -0.490. The quantitative estimate of drug-likeness (QED) is 0.753. The first-order valence-corrected chi connectivity index (χ1v) is 7.60. The van der Waals surface area contributed by atoms with E-state index in [-0.39, 0.29) is 17.3 Å². The van der Waals surface area contributed by atoms with Crippen molar-refractivity contribution in [2.45, 2.75) is 26.2 Å². The zero-order valence-electron chi connectivity index (χ0n) is 13.0. The first kappa shape index (κ1) is 16.2. The summed E-state index contributed by atoms with van der Waals surface area (Å²) in [6.45, 7) is 3.93. The maximum Gasteiger partial charge on any atom is 0.287 e. The van der Waals surface area contributed by atoms with Gasteiger partial charge in [0.25, 0.3) is 11.5 Å². The summed E-state index contributed by atoms with van der Waals surface area (Å²) in [5.41, 5.74) is 0.665. The van der Waals surface area contributed by atoms with E-state index in [4.69, 9.17) is 0 Å². The van der Waals surface area contributed by atoms with Crippen LogP contribution < -0.4 is 15.8 Å². The zero-order chi connectivity index (χ0) is 16.1. The van der Waals surface area contributed by atoms with Crippen molar-refractivity contribution in [3.8, 4) is 0 Å². The number of amides is 1. The lowest BCUT2D eigenvalue weighted by atomic mass is 10.1. The molecule has 0 aliphatic carbocycles. The van der Waals surface area contributed by atoms with Crippen LogP contribution in [0, 0.1) is 5.92 Å². The van der Waals surface area contributed by atoms with Gasteiger partial charge in [0.1, 0.15) is 0 Å². The number of nitrogens with one attached hydrogen (secondary N) is 1. The Morgan fingerprint density at radius 2 is 2.23 bits per heavy atom. The number of aromatic nitrogens is 2. The van der Waals surface area contributed by atoms with Gasteiger partial charge in [-0.05, 0) is 18.8 Å². The molecule has 2 rings (SSSR count). The standard InChI is InChI=1S/C15H22N4O3/c1-3-4-13(20)15(22)16-8-11-5-6-19(10-11)12-7-14(21)18(2)17-9-12/h7,9,11H,3-6,8,10H2,1-2H3,(H,16,22)/t11-/m0/s1. The number of Topliss-reactive ketones (excluding diaryl/α,β-unsaturated/α-hetero) is 1. The predicted octanol–water partition coefficient (Wildman–Crippen LogP) is 0.0920. The van der Waals surface area contributed by atoms with Crippen LogP contribution in [-0.2, 0) is 16.6 Å². The number of carbonyl (C=O) groups is 2. The Balaban J connectivity index is 1.85. The van der Waals surface area contributed by atoms with Crippen LogP contribution in [-0.4, -0.2) is 41.1 Å². The van der Waals surface area contributed by atoms with Gasteiger partial charge in [0.05, 0.1) is 11.9 Å². The molecule has 7 heteroatoms. The van der Waals surface area contributed by atoms with E-state index in [0.717, 1.165) is 25.2 Å². The Bertz CT molecular complexity index is 611. The fraction of sp³-hybridized carbons (Fsp3) is 0.600. The summed E-state index contributed by atoms with van der Waals surface area (Å²) in [6.07, 6.45) is 3.56. The molecule has 1 N–H and O–H groups in total. The van der Waals surface area contributed by atoms with Gasteiger partial charge in [-0.2, -0.15) is 5.10 Å². The molecule has 0 aromatic carbocycles. The van der Waals surface area contributed by atoms with Gasteiger partial charge < -0.3 is 10.2 Å². The van der Waals surface area contributed by atoms with E-state index in [1.807, 2.05) is 6.92 Å².